The van der Waals surface area contributed by atoms with E-state index in [1.54, 1.807) is 6.92 Å². The van der Waals surface area contributed by atoms with Gasteiger partial charge < -0.3 is 5.11 Å². The first kappa shape index (κ1) is 15.5. The predicted molar refractivity (Wildman–Crippen MR) is 75.0 cm³/mol. The van der Waals surface area contributed by atoms with Crippen LogP contribution >= 0.6 is 11.8 Å². The molecule has 0 aliphatic heterocycles. The molecule has 0 fully saturated rings. The Balaban J connectivity index is 3.14. The molecule has 6 heteroatoms. The molecule has 19 heavy (non-hydrogen) atoms. The second-order valence-corrected chi connectivity index (χ2v) is 5.57. The molecule has 1 rings (SSSR count). The minimum Gasteiger partial charge on any atom is -0.478 e. The van der Waals surface area contributed by atoms with E-state index in [-0.39, 0.29) is 11.3 Å². The SMILES string of the molecule is CCC(C)CSc1cc(C(=O)O)cc([N+](=O)[O-])c1C. The van der Waals surface area contributed by atoms with Gasteiger partial charge in [0, 0.05) is 22.3 Å². The van der Waals surface area contributed by atoms with Crippen LogP contribution in [0, 0.1) is 23.0 Å². The normalized spacial score (nSPS) is 12.2. The van der Waals surface area contributed by atoms with E-state index < -0.39 is 10.9 Å². The van der Waals surface area contributed by atoms with Crippen molar-refractivity contribution in [3.63, 3.8) is 0 Å². The van der Waals surface area contributed by atoms with E-state index in [4.69, 9.17) is 5.11 Å². The molecule has 1 atom stereocenters. The summed E-state index contributed by atoms with van der Waals surface area (Å²) >= 11 is 1.48. The lowest BCUT2D eigenvalue weighted by molar-refractivity contribution is -0.385. The fourth-order valence-electron chi connectivity index (χ4n) is 1.49. The van der Waals surface area contributed by atoms with Crippen LogP contribution < -0.4 is 0 Å². The molecule has 5 nitrogen and oxygen atoms in total. The van der Waals surface area contributed by atoms with Gasteiger partial charge in [-0.25, -0.2) is 4.79 Å². The van der Waals surface area contributed by atoms with Gasteiger partial charge in [-0.3, -0.25) is 10.1 Å². The van der Waals surface area contributed by atoms with Crippen molar-refractivity contribution in [2.75, 3.05) is 5.75 Å². The lowest BCUT2D eigenvalue weighted by atomic mass is 10.1. The van der Waals surface area contributed by atoms with Gasteiger partial charge in [-0.1, -0.05) is 20.3 Å². The molecule has 1 aromatic carbocycles. The van der Waals surface area contributed by atoms with Crippen molar-refractivity contribution in [3.05, 3.63) is 33.4 Å². The van der Waals surface area contributed by atoms with Crippen molar-refractivity contribution in [1.82, 2.24) is 0 Å². The highest BCUT2D eigenvalue weighted by Gasteiger charge is 2.19. The third-order valence-electron chi connectivity index (χ3n) is 3.00. The lowest BCUT2D eigenvalue weighted by Crippen LogP contribution is -2.02. The Kier molecular flexibility index (Phi) is 5.35. The number of nitro groups is 1. The first-order valence-electron chi connectivity index (χ1n) is 6.01. The van der Waals surface area contributed by atoms with Crippen molar-refractivity contribution in [2.24, 2.45) is 5.92 Å². The molecule has 0 amide bonds. The minimum absolute atomic E-state index is 0.0380. The fourth-order valence-corrected chi connectivity index (χ4v) is 2.72. The number of hydrogen-bond donors (Lipinski definition) is 1. The quantitative estimate of drug-likeness (QED) is 0.488. The fraction of sp³-hybridized carbons (Fsp3) is 0.462. The summed E-state index contributed by atoms with van der Waals surface area (Å²) in [5.41, 5.74) is 0.360. The maximum absolute atomic E-state index is 11.0. The Morgan fingerprint density at radius 1 is 1.53 bits per heavy atom. The van der Waals surface area contributed by atoms with Gasteiger partial charge in [0.25, 0.3) is 5.69 Å². The molecule has 1 N–H and O–H groups in total. The van der Waals surface area contributed by atoms with Crippen molar-refractivity contribution >= 4 is 23.4 Å². The number of carboxylic acids is 1. The number of aromatic carboxylic acids is 1. The lowest BCUT2D eigenvalue weighted by Gasteiger charge is -2.11. The van der Waals surface area contributed by atoms with Crippen LogP contribution in [0.2, 0.25) is 0 Å². The number of hydrogen-bond acceptors (Lipinski definition) is 4. The van der Waals surface area contributed by atoms with Gasteiger partial charge in [-0.2, -0.15) is 0 Å². The predicted octanol–water partition coefficient (Wildman–Crippen LogP) is 3.74. The third kappa shape index (κ3) is 3.96. The van der Waals surface area contributed by atoms with Crippen LogP contribution in [-0.4, -0.2) is 21.8 Å². The number of carbonyl (C=O) groups is 1. The average Bonchev–Trinajstić information content (AvgIpc) is 2.36. The molecular weight excluding hydrogens is 266 g/mol. The Morgan fingerprint density at radius 3 is 2.63 bits per heavy atom. The number of benzene rings is 1. The molecule has 0 saturated heterocycles. The molecule has 1 aromatic rings. The molecular formula is C13H17NO4S. The zero-order valence-corrected chi connectivity index (χ0v) is 12.0. The van der Waals surface area contributed by atoms with Crippen LogP contribution in [0.15, 0.2) is 17.0 Å². The second-order valence-electron chi connectivity index (χ2n) is 4.51. The number of rotatable bonds is 6. The van der Waals surface area contributed by atoms with Crippen molar-refractivity contribution in [3.8, 4) is 0 Å². The maximum atomic E-state index is 11.0. The molecule has 0 heterocycles. The highest BCUT2D eigenvalue weighted by atomic mass is 32.2. The van der Waals surface area contributed by atoms with Crippen LogP contribution in [0.3, 0.4) is 0 Å². The highest BCUT2D eigenvalue weighted by Crippen LogP contribution is 2.32. The molecule has 0 aliphatic carbocycles. The summed E-state index contributed by atoms with van der Waals surface area (Å²) in [5.74, 6) is 0.155. The molecule has 0 radical (unpaired) electrons. The van der Waals surface area contributed by atoms with Gasteiger partial charge in [-0.05, 0) is 18.9 Å². The van der Waals surface area contributed by atoms with E-state index in [0.717, 1.165) is 18.2 Å². The van der Waals surface area contributed by atoms with Crippen molar-refractivity contribution in [1.29, 1.82) is 0 Å². The molecule has 0 spiro atoms. The number of nitrogens with zero attached hydrogens (tertiary/aromatic N) is 1. The van der Waals surface area contributed by atoms with E-state index in [1.807, 2.05) is 0 Å². The summed E-state index contributed by atoms with van der Waals surface area (Å²) in [6.45, 7) is 5.83. The highest BCUT2D eigenvalue weighted by molar-refractivity contribution is 7.99. The van der Waals surface area contributed by atoms with Crippen LogP contribution in [-0.2, 0) is 0 Å². The van der Waals surface area contributed by atoms with E-state index in [9.17, 15) is 14.9 Å². The van der Waals surface area contributed by atoms with Crippen LogP contribution in [0.25, 0.3) is 0 Å². The maximum Gasteiger partial charge on any atom is 0.335 e. The number of thioether (sulfide) groups is 1. The second kappa shape index (κ2) is 6.56. The van der Waals surface area contributed by atoms with E-state index >= 15 is 0 Å². The summed E-state index contributed by atoms with van der Waals surface area (Å²) in [6.07, 6.45) is 1.02. The summed E-state index contributed by atoms with van der Waals surface area (Å²) < 4.78 is 0. The number of carboxylic acid groups (broad SMARTS) is 1. The van der Waals surface area contributed by atoms with E-state index in [2.05, 4.69) is 13.8 Å². The summed E-state index contributed by atoms with van der Waals surface area (Å²) in [5, 5.41) is 19.9. The monoisotopic (exact) mass is 283 g/mol. The van der Waals surface area contributed by atoms with Gasteiger partial charge >= 0.3 is 5.97 Å². The number of nitro benzene ring substituents is 1. The topological polar surface area (TPSA) is 80.4 Å². The average molecular weight is 283 g/mol. The van der Waals surface area contributed by atoms with Crippen molar-refractivity contribution < 1.29 is 14.8 Å². The van der Waals surface area contributed by atoms with Crippen LogP contribution in [0.5, 0.6) is 0 Å². The molecule has 0 bridgehead atoms. The third-order valence-corrected chi connectivity index (χ3v) is 4.47. The molecule has 1 unspecified atom stereocenters. The van der Waals surface area contributed by atoms with Crippen molar-refractivity contribution in [2.45, 2.75) is 32.1 Å². The largest absolute Gasteiger partial charge is 0.478 e. The molecule has 0 aliphatic rings. The Hall–Kier alpha value is -1.56. The minimum atomic E-state index is -1.14. The summed E-state index contributed by atoms with van der Waals surface area (Å²) in [7, 11) is 0. The summed E-state index contributed by atoms with van der Waals surface area (Å²) in [6, 6.07) is 2.63. The Bertz CT molecular complexity index is 502. The molecule has 104 valence electrons. The molecule has 0 aromatic heterocycles. The molecule has 0 saturated carbocycles. The first-order chi connectivity index (χ1) is 8.86. The van der Waals surface area contributed by atoms with Crippen LogP contribution in [0.4, 0.5) is 5.69 Å². The zero-order chi connectivity index (χ0) is 14.6. The smallest absolute Gasteiger partial charge is 0.335 e. The standard InChI is InChI=1S/C13H17NO4S/c1-4-8(2)7-19-12-6-10(13(15)16)5-11(9(12)3)14(17)18/h5-6,8H,4,7H2,1-3H3,(H,15,16). The van der Waals surface area contributed by atoms with Gasteiger partial charge in [-0.15, -0.1) is 11.8 Å². The van der Waals surface area contributed by atoms with E-state index in [0.29, 0.717) is 16.4 Å². The van der Waals surface area contributed by atoms with Gasteiger partial charge in [0.15, 0.2) is 0 Å². The Morgan fingerprint density at radius 2 is 2.16 bits per heavy atom. The van der Waals surface area contributed by atoms with Crippen LogP contribution in [0.1, 0.15) is 36.2 Å². The van der Waals surface area contributed by atoms with Gasteiger partial charge in [0.05, 0.1) is 10.5 Å². The first-order valence-corrected chi connectivity index (χ1v) is 7.00. The Labute approximate surface area is 116 Å². The summed E-state index contributed by atoms with van der Waals surface area (Å²) in [4.78, 5) is 22.1. The zero-order valence-electron chi connectivity index (χ0n) is 11.2. The van der Waals surface area contributed by atoms with Gasteiger partial charge in [0.1, 0.15) is 0 Å². The van der Waals surface area contributed by atoms with E-state index in [1.165, 1.54) is 17.8 Å². The van der Waals surface area contributed by atoms with Gasteiger partial charge in [0.2, 0.25) is 0 Å².